The van der Waals surface area contributed by atoms with Gasteiger partial charge in [-0.05, 0) is 63.6 Å². The fourth-order valence-electron chi connectivity index (χ4n) is 3.25. The number of hydrogen-bond donors (Lipinski definition) is 1. The lowest BCUT2D eigenvalue weighted by molar-refractivity contribution is -0.124. The molecule has 1 aliphatic heterocycles. The van der Waals surface area contributed by atoms with Gasteiger partial charge < -0.3 is 15.0 Å². The Bertz CT molecular complexity index is 841. The molecule has 5 nitrogen and oxygen atoms in total. The molecule has 0 bridgehead atoms. The monoisotopic (exact) mass is 352 g/mol. The maximum absolute atomic E-state index is 12.8. The second-order valence-corrected chi connectivity index (χ2v) is 7.04. The number of ether oxygens (including phenoxy) is 1. The van der Waals surface area contributed by atoms with Crippen LogP contribution in [0.25, 0.3) is 0 Å². The number of carbonyl (C=O) groups excluding carboxylic acids is 2. The fourth-order valence-corrected chi connectivity index (χ4v) is 3.25. The predicted molar refractivity (Wildman–Crippen MR) is 103 cm³/mol. The smallest absolute Gasteiger partial charge is 0.244 e. The van der Waals surface area contributed by atoms with Crippen molar-refractivity contribution in [1.82, 2.24) is 0 Å². The Labute approximate surface area is 154 Å². The summed E-state index contributed by atoms with van der Waals surface area (Å²) in [5.41, 5.74) is 2.93. The van der Waals surface area contributed by atoms with Gasteiger partial charge in [-0.3, -0.25) is 9.59 Å². The molecule has 1 heterocycles. The Hall–Kier alpha value is -2.82. The molecule has 5 heteroatoms. The number of amides is 2. The molecule has 1 aliphatic rings. The summed E-state index contributed by atoms with van der Waals surface area (Å²) in [6.45, 7) is 8.31. The third kappa shape index (κ3) is 3.29. The van der Waals surface area contributed by atoms with Crippen molar-refractivity contribution in [3.05, 3.63) is 53.6 Å². The number of rotatable bonds is 5. The first-order valence-corrected chi connectivity index (χ1v) is 8.78. The number of aryl methyl sites for hydroxylation is 1. The number of anilines is 2. The molecule has 0 atom stereocenters. The summed E-state index contributed by atoms with van der Waals surface area (Å²) in [7, 11) is 0. The number of carbonyl (C=O) groups is 2. The third-order valence-electron chi connectivity index (χ3n) is 4.65. The molecule has 3 rings (SSSR count). The van der Waals surface area contributed by atoms with Gasteiger partial charge >= 0.3 is 0 Å². The molecule has 0 radical (unpaired) electrons. The molecule has 0 saturated carbocycles. The second kappa shape index (κ2) is 6.83. The van der Waals surface area contributed by atoms with Gasteiger partial charge in [0.25, 0.3) is 0 Å². The normalized spacial score (nSPS) is 14.9. The van der Waals surface area contributed by atoms with Crippen LogP contribution in [-0.2, 0) is 15.0 Å². The minimum Gasteiger partial charge on any atom is -0.494 e. The van der Waals surface area contributed by atoms with Crippen molar-refractivity contribution in [2.24, 2.45) is 0 Å². The molecule has 2 amide bonds. The van der Waals surface area contributed by atoms with Crippen molar-refractivity contribution < 1.29 is 14.3 Å². The van der Waals surface area contributed by atoms with Gasteiger partial charge in [0.1, 0.15) is 12.3 Å². The van der Waals surface area contributed by atoms with E-state index in [1.54, 1.807) is 29.2 Å². The summed E-state index contributed by atoms with van der Waals surface area (Å²) in [6.07, 6.45) is 0. The van der Waals surface area contributed by atoms with Gasteiger partial charge in [-0.1, -0.05) is 17.7 Å². The highest BCUT2D eigenvalue weighted by Gasteiger charge is 2.44. The number of fused-ring (bicyclic) bond motifs is 1. The molecule has 0 saturated heterocycles. The van der Waals surface area contributed by atoms with Gasteiger partial charge in [-0.2, -0.15) is 0 Å². The van der Waals surface area contributed by atoms with E-state index in [0.29, 0.717) is 12.3 Å². The minimum absolute atomic E-state index is 0.00840. The van der Waals surface area contributed by atoms with Crippen molar-refractivity contribution >= 4 is 23.2 Å². The van der Waals surface area contributed by atoms with E-state index in [1.165, 1.54) is 0 Å². The van der Waals surface area contributed by atoms with E-state index in [1.807, 2.05) is 45.9 Å². The topological polar surface area (TPSA) is 58.6 Å². The van der Waals surface area contributed by atoms with Crippen LogP contribution in [0.4, 0.5) is 11.4 Å². The predicted octanol–water partition coefficient (Wildman–Crippen LogP) is 3.66. The molecule has 136 valence electrons. The van der Waals surface area contributed by atoms with E-state index in [4.69, 9.17) is 4.74 Å². The van der Waals surface area contributed by atoms with Gasteiger partial charge in [0.2, 0.25) is 11.8 Å². The Balaban J connectivity index is 1.74. The molecule has 0 unspecified atom stereocenters. The van der Waals surface area contributed by atoms with E-state index in [2.05, 4.69) is 5.32 Å². The lowest BCUT2D eigenvalue weighted by Gasteiger charge is -2.20. The molecule has 0 aromatic heterocycles. The summed E-state index contributed by atoms with van der Waals surface area (Å²) in [5, 5.41) is 2.84. The molecule has 0 spiro atoms. The second-order valence-electron chi connectivity index (χ2n) is 7.04. The van der Waals surface area contributed by atoms with Crippen molar-refractivity contribution in [2.75, 3.05) is 23.4 Å². The van der Waals surface area contributed by atoms with Crippen LogP contribution in [0, 0.1) is 6.92 Å². The average molecular weight is 352 g/mol. The van der Waals surface area contributed by atoms with Crippen molar-refractivity contribution in [3.8, 4) is 5.75 Å². The summed E-state index contributed by atoms with van der Waals surface area (Å²) in [6, 6.07) is 13.1. The van der Waals surface area contributed by atoms with E-state index in [0.717, 1.165) is 22.6 Å². The quantitative estimate of drug-likeness (QED) is 0.893. The highest BCUT2D eigenvalue weighted by Crippen LogP contribution is 2.41. The van der Waals surface area contributed by atoms with E-state index < -0.39 is 5.41 Å². The van der Waals surface area contributed by atoms with Crippen molar-refractivity contribution in [3.63, 3.8) is 0 Å². The van der Waals surface area contributed by atoms with Gasteiger partial charge in [-0.25, -0.2) is 0 Å². The Morgan fingerprint density at radius 3 is 2.50 bits per heavy atom. The number of benzene rings is 2. The molecule has 2 aromatic rings. The molecular formula is C21H24N2O3. The van der Waals surface area contributed by atoms with Gasteiger partial charge in [0.05, 0.1) is 12.0 Å². The standard InChI is InChI=1S/C21H24N2O3/c1-5-26-16-9-7-15(8-10-16)22-19(24)13-23-18-11-6-14(2)12-17(18)21(3,4)20(23)25/h6-12H,5,13H2,1-4H3,(H,22,24). The van der Waals surface area contributed by atoms with Crippen molar-refractivity contribution in [1.29, 1.82) is 0 Å². The molecular weight excluding hydrogens is 328 g/mol. The number of nitrogens with zero attached hydrogens (tertiary/aromatic N) is 1. The van der Waals surface area contributed by atoms with E-state index in [9.17, 15) is 9.59 Å². The molecule has 26 heavy (non-hydrogen) atoms. The minimum atomic E-state index is -0.624. The van der Waals surface area contributed by atoms with Crippen LogP contribution in [-0.4, -0.2) is 25.0 Å². The lowest BCUT2D eigenvalue weighted by atomic mass is 9.85. The van der Waals surface area contributed by atoms with Crippen molar-refractivity contribution in [2.45, 2.75) is 33.1 Å². The molecule has 2 aromatic carbocycles. The van der Waals surface area contributed by atoms with Crippen LogP contribution >= 0.6 is 0 Å². The first kappa shape index (κ1) is 18.0. The summed E-state index contributed by atoms with van der Waals surface area (Å²) < 4.78 is 5.39. The van der Waals surface area contributed by atoms with Gasteiger partial charge in [0.15, 0.2) is 0 Å². The van der Waals surface area contributed by atoms with Gasteiger partial charge in [0, 0.05) is 11.4 Å². The van der Waals surface area contributed by atoms with E-state index >= 15 is 0 Å². The molecule has 1 N–H and O–H groups in total. The van der Waals surface area contributed by atoms with Crippen LogP contribution in [0.1, 0.15) is 31.9 Å². The van der Waals surface area contributed by atoms with Crippen LogP contribution in [0.3, 0.4) is 0 Å². The van der Waals surface area contributed by atoms with Crippen LogP contribution < -0.4 is 15.0 Å². The number of hydrogen-bond acceptors (Lipinski definition) is 3. The Morgan fingerprint density at radius 1 is 1.15 bits per heavy atom. The van der Waals surface area contributed by atoms with Crippen LogP contribution in [0.15, 0.2) is 42.5 Å². The molecule has 0 aliphatic carbocycles. The van der Waals surface area contributed by atoms with Crippen LogP contribution in [0.5, 0.6) is 5.75 Å². The SMILES string of the molecule is CCOc1ccc(NC(=O)CN2C(=O)C(C)(C)c3cc(C)ccc32)cc1. The van der Waals surface area contributed by atoms with Gasteiger partial charge in [-0.15, -0.1) is 0 Å². The zero-order valence-electron chi connectivity index (χ0n) is 15.6. The first-order valence-electron chi connectivity index (χ1n) is 8.78. The Kier molecular flexibility index (Phi) is 4.72. The highest BCUT2D eigenvalue weighted by atomic mass is 16.5. The molecule has 0 fully saturated rings. The fraction of sp³-hybridized carbons (Fsp3) is 0.333. The third-order valence-corrected chi connectivity index (χ3v) is 4.65. The largest absolute Gasteiger partial charge is 0.494 e. The highest BCUT2D eigenvalue weighted by molar-refractivity contribution is 6.11. The summed E-state index contributed by atoms with van der Waals surface area (Å²) >= 11 is 0. The number of nitrogens with one attached hydrogen (secondary N) is 1. The first-order chi connectivity index (χ1) is 12.3. The van der Waals surface area contributed by atoms with Crippen LogP contribution in [0.2, 0.25) is 0 Å². The summed E-state index contributed by atoms with van der Waals surface area (Å²) in [4.78, 5) is 26.9. The maximum Gasteiger partial charge on any atom is 0.244 e. The maximum atomic E-state index is 12.8. The Morgan fingerprint density at radius 2 is 1.85 bits per heavy atom. The van der Waals surface area contributed by atoms with E-state index in [-0.39, 0.29) is 18.4 Å². The lowest BCUT2D eigenvalue weighted by Crippen LogP contribution is -2.40. The zero-order valence-corrected chi connectivity index (χ0v) is 15.6. The average Bonchev–Trinajstić information content (AvgIpc) is 2.78. The summed E-state index contributed by atoms with van der Waals surface area (Å²) in [5.74, 6) is 0.470. The zero-order chi connectivity index (χ0) is 18.9.